The van der Waals surface area contributed by atoms with Crippen molar-refractivity contribution in [2.45, 2.75) is 61.4 Å². The summed E-state index contributed by atoms with van der Waals surface area (Å²) in [6, 6.07) is 9.72. The molecule has 0 saturated carbocycles. The van der Waals surface area contributed by atoms with Crippen molar-refractivity contribution in [3.63, 3.8) is 0 Å². The number of aryl methyl sites for hydroxylation is 2. The highest BCUT2D eigenvalue weighted by atomic mass is 35.7. The van der Waals surface area contributed by atoms with Gasteiger partial charge in [-0.2, -0.15) is 4.72 Å². The molecule has 228 valence electrons. The molecule has 17 heteroatoms. The second-order valence-electron chi connectivity index (χ2n) is 8.39. The fraction of sp³-hybridized carbons (Fsp3) is 0.333. The predicted molar refractivity (Wildman–Crippen MR) is 146 cm³/mol. The van der Waals surface area contributed by atoms with Gasteiger partial charge < -0.3 is 26.2 Å². The molecule has 0 spiro atoms. The van der Waals surface area contributed by atoms with E-state index in [0.29, 0.717) is 0 Å². The van der Waals surface area contributed by atoms with Crippen LogP contribution in [0.4, 0.5) is 0 Å². The lowest BCUT2D eigenvalue weighted by molar-refractivity contribution is -0.142. The van der Waals surface area contributed by atoms with Gasteiger partial charge in [0, 0.05) is 23.5 Å². The van der Waals surface area contributed by atoms with E-state index in [-0.39, 0.29) is 29.1 Å². The third kappa shape index (κ3) is 16.3. The Hall–Kier alpha value is -3.57. The first-order chi connectivity index (χ1) is 18.8. The maximum atomic E-state index is 12.0. The van der Waals surface area contributed by atoms with E-state index in [4.69, 9.17) is 36.8 Å². The molecule has 0 heterocycles. The Morgan fingerprint density at radius 1 is 0.732 bits per heavy atom. The zero-order chi connectivity index (χ0) is 32.0. The number of nitrogens with two attached hydrogens (primary N) is 1. The molecule has 0 aromatic heterocycles. The SMILES string of the molecule is Cc1ccc(S(=O)(=O)Cl)cc1.Cc1ccc(S(=O)(=O)NC(CCC(=O)O)C(=O)O)cc1.NC(CCC(=O)O)C(=O)O. The molecule has 2 aromatic rings. The lowest BCUT2D eigenvalue weighted by atomic mass is 10.2. The van der Waals surface area contributed by atoms with E-state index in [1.165, 1.54) is 24.3 Å². The average Bonchev–Trinajstić information content (AvgIpc) is 2.85. The third-order valence-corrected chi connectivity index (χ3v) is 7.72. The molecule has 41 heavy (non-hydrogen) atoms. The van der Waals surface area contributed by atoms with Crippen LogP contribution in [-0.2, 0) is 38.3 Å². The quantitative estimate of drug-likeness (QED) is 0.181. The van der Waals surface area contributed by atoms with E-state index in [2.05, 4.69) is 0 Å². The van der Waals surface area contributed by atoms with Gasteiger partial charge in [0.25, 0.3) is 9.05 Å². The number of hydrogen-bond acceptors (Lipinski definition) is 9. The molecule has 2 unspecified atom stereocenters. The van der Waals surface area contributed by atoms with Crippen LogP contribution in [0.15, 0.2) is 58.3 Å². The summed E-state index contributed by atoms with van der Waals surface area (Å²) in [4.78, 5) is 41.3. The summed E-state index contributed by atoms with van der Waals surface area (Å²) in [5.74, 6) is -4.80. The summed E-state index contributed by atoms with van der Waals surface area (Å²) in [5.41, 5.74) is 6.88. The molecule has 2 aromatic carbocycles. The predicted octanol–water partition coefficient (Wildman–Crippen LogP) is 1.78. The number of hydrogen-bond donors (Lipinski definition) is 6. The maximum absolute atomic E-state index is 12.0. The van der Waals surface area contributed by atoms with Gasteiger partial charge in [-0.15, -0.1) is 0 Å². The molecule has 0 aliphatic heterocycles. The number of nitrogens with one attached hydrogen (secondary N) is 1. The third-order valence-electron chi connectivity index (χ3n) is 4.86. The van der Waals surface area contributed by atoms with E-state index in [9.17, 15) is 36.0 Å². The number of carboxylic acids is 4. The summed E-state index contributed by atoms with van der Waals surface area (Å²) in [6.07, 6.45) is -0.985. The van der Waals surface area contributed by atoms with Crippen molar-refractivity contribution in [2.75, 3.05) is 0 Å². The van der Waals surface area contributed by atoms with Crippen molar-refractivity contribution in [3.8, 4) is 0 Å². The Kier molecular flexibility index (Phi) is 15.8. The van der Waals surface area contributed by atoms with Crippen LogP contribution in [0.2, 0.25) is 0 Å². The van der Waals surface area contributed by atoms with Crippen molar-refractivity contribution in [2.24, 2.45) is 5.73 Å². The molecule has 14 nitrogen and oxygen atoms in total. The van der Waals surface area contributed by atoms with Crippen LogP contribution in [0.1, 0.15) is 36.8 Å². The minimum atomic E-state index is -3.99. The highest BCUT2D eigenvalue weighted by Gasteiger charge is 2.25. The van der Waals surface area contributed by atoms with Crippen LogP contribution in [0.5, 0.6) is 0 Å². The Morgan fingerprint density at radius 2 is 1.12 bits per heavy atom. The monoisotopic (exact) mass is 638 g/mol. The summed E-state index contributed by atoms with van der Waals surface area (Å²) >= 11 is 0. The van der Waals surface area contributed by atoms with Gasteiger partial charge in [-0.05, 0) is 51.0 Å². The van der Waals surface area contributed by atoms with Crippen LogP contribution < -0.4 is 10.5 Å². The van der Waals surface area contributed by atoms with E-state index < -0.39 is 61.5 Å². The van der Waals surface area contributed by atoms with Gasteiger partial charge in [0.1, 0.15) is 12.1 Å². The van der Waals surface area contributed by atoms with Gasteiger partial charge in [-0.3, -0.25) is 19.2 Å². The first-order valence-electron chi connectivity index (χ1n) is 11.5. The largest absolute Gasteiger partial charge is 0.481 e. The first-order valence-corrected chi connectivity index (χ1v) is 15.3. The van der Waals surface area contributed by atoms with Crippen molar-refractivity contribution >= 4 is 53.6 Å². The summed E-state index contributed by atoms with van der Waals surface area (Å²) in [6.45, 7) is 3.67. The molecule has 0 radical (unpaired) electrons. The molecule has 0 bridgehead atoms. The minimum absolute atomic E-state index is 0.0231. The number of halogens is 1. The molecule has 0 fully saturated rings. The number of rotatable bonds is 12. The van der Waals surface area contributed by atoms with Gasteiger partial charge in [0.15, 0.2) is 0 Å². The molecule has 0 amide bonds. The smallest absolute Gasteiger partial charge is 0.321 e. The molecular formula is C24H31ClN2O12S2. The van der Waals surface area contributed by atoms with E-state index in [1.54, 1.807) is 31.2 Å². The lowest BCUT2D eigenvalue weighted by Gasteiger charge is -2.14. The molecular weight excluding hydrogens is 608 g/mol. The normalized spacial score (nSPS) is 12.4. The van der Waals surface area contributed by atoms with Crippen LogP contribution in [0.3, 0.4) is 0 Å². The summed E-state index contributed by atoms with van der Waals surface area (Å²) in [7, 11) is -2.46. The highest BCUT2D eigenvalue weighted by molar-refractivity contribution is 8.13. The number of aliphatic carboxylic acids is 4. The van der Waals surface area contributed by atoms with Crippen molar-refractivity contribution in [3.05, 3.63) is 59.7 Å². The maximum Gasteiger partial charge on any atom is 0.321 e. The van der Waals surface area contributed by atoms with Gasteiger partial charge in [-0.1, -0.05) is 35.4 Å². The Labute approximate surface area is 241 Å². The van der Waals surface area contributed by atoms with Gasteiger partial charge in [0.05, 0.1) is 9.79 Å². The fourth-order valence-corrected chi connectivity index (χ4v) is 4.57. The van der Waals surface area contributed by atoms with Crippen molar-refractivity contribution < 1.29 is 56.4 Å². The van der Waals surface area contributed by atoms with Crippen LogP contribution in [0, 0.1) is 13.8 Å². The van der Waals surface area contributed by atoms with Gasteiger partial charge in [0.2, 0.25) is 10.0 Å². The zero-order valence-corrected chi connectivity index (χ0v) is 24.3. The molecule has 0 aliphatic carbocycles. The second kappa shape index (κ2) is 17.3. The zero-order valence-electron chi connectivity index (χ0n) is 21.9. The topological polar surface area (TPSA) is 256 Å². The Morgan fingerprint density at radius 3 is 1.46 bits per heavy atom. The van der Waals surface area contributed by atoms with Crippen LogP contribution in [-0.4, -0.2) is 73.2 Å². The van der Waals surface area contributed by atoms with E-state index >= 15 is 0 Å². The lowest BCUT2D eigenvalue weighted by Crippen LogP contribution is -2.41. The summed E-state index contributed by atoms with van der Waals surface area (Å²) < 4.78 is 47.4. The first kappa shape index (κ1) is 37.4. The molecule has 0 aliphatic rings. The fourth-order valence-electron chi connectivity index (χ4n) is 2.58. The highest BCUT2D eigenvalue weighted by Crippen LogP contribution is 2.14. The number of carboxylic acid groups (broad SMARTS) is 4. The van der Waals surface area contributed by atoms with E-state index in [1.807, 2.05) is 11.6 Å². The Balaban J connectivity index is 0.000000644. The van der Waals surface area contributed by atoms with Crippen molar-refractivity contribution in [1.82, 2.24) is 4.72 Å². The van der Waals surface area contributed by atoms with Crippen LogP contribution in [0.25, 0.3) is 0 Å². The summed E-state index contributed by atoms with van der Waals surface area (Å²) in [5, 5.41) is 33.7. The number of sulfonamides is 1. The molecule has 7 N–H and O–H groups in total. The standard InChI is InChI=1S/C12H15NO6S.C7H7ClO2S.C5H9NO4/c1-8-2-4-9(5-3-8)20(18,19)13-10(12(16)17)6-7-11(14)15;1-6-2-4-7(5-3-6)11(8,9)10;6-3(5(9)10)1-2-4(7)8/h2-5,10,13H,6-7H2,1H3,(H,14,15)(H,16,17);2-5H,1H3;3H,1-2,6H2,(H,7,8)(H,9,10). The molecule has 0 saturated heterocycles. The van der Waals surface area contributed by atoms with Crippen LogP contribution >= 0.6 is 10.7 Å². The number of carbonyl (C=O) groups is 4. The second-order valence-corrected chi connectivity index (χ2v) is 12.7. The van der Waals surface area contributed by atoms with Gasteiger partial charge in [-0.25, -0.2) is 16.8 Å². The van der Waals surface area contributed by atoms with Gasteiger partial charge >= 0.3 is 23.9 Å². The van der Waals surface area contributed by atoms with E-state index in [0.717, 1.165) is 11.1 Å². The molecule has 2 atom stereocenters. The number of benzene rings is 2. The molecule has 2 rings (SSSR count). The minimum Gasteiger partial charge on any atom is -0.481 e. The Bertz CT molecular complexity index is 1400. The van der Waals surface area contributed by atoms with Crippen molar-refractivity contribution in [1.29, 1.82) is 0 Å². The average molecular weight is 639 g/mol.